The monoisotopic (exact) mass is 610 g/mol. The maximum absolute atomic E-state index is 14.0. The zero-order valence-corrected chi connectivity index (χ0v) is 22.0. The third-order valence-corrected chi connectivity index (χ3v) is 8.25. The highest BCUT2D eigenvalue weighted by molar-refractivity contribution is 9.10. The minimum Gasteiger partial charge on any atom is -0.352 e. The molecule has 2 amide bonds. The minimum atomic E-state index is -0.842. The van der Waals surface area contributed by atoms with E-state index in [1.165, 1.54) is 4.90 Å². The van der Waals surface area contributed by atoms with E-state index in [-0.39, 0.29) is 17.6 Å². The topological polar surface area (TPSA) is 57.7 Å². The van der Waals surface area contributed by atoms with Crippen LogP contribution in [0.4, 0.5) is 11.4 Å². The largest absolute Gasteiger partial charge is 0.352 e. The smallest absolute Gasteiger partial charge is 0.240 e. The summed E-state index contributed by atoms with van der Waals surface area (Å²) >= 11 is 13.1. The van der Waals surface area contributed by atoms with Crippen molar-refractivity contribution in [3.63, 3.8) is 0 Å². The van der Waals surface area contributed by atoms with Crippen molar-refractivity contribution in [1.29, 1.82) is 0 Å². The molecule has 0 radical (unpaired) electrons. The van der Waals surface area contributed by atoms with Gasteiger partial charge in [0, 0.05) is 25.2 Å². The second kappa shape index (κ2) is 8.43. The molecule has 174 valence electrons. The Morgan fingerprint density at radius 1 is 0.829 bits per heavy atom. The number of halogens is 3. The fourth-order valence-electron chi connectivity index (χ4n) is 5.46. The number of Topliss-reactive ketones (excluding diaryl/α,β-unsaturated/α-hetero) is 1. The Morgan fingerprint density at radius 2 is 1.46 bits per heavy atom. The fraction of sp³-hybridized carbons (Fsp3) is 0.148. The molecule has 3 heterocycles. The van der Waals surface area contributed by atoms with E-state index < -0.39 is 23.9 Å². The summed E-state index contributed by atoms with van der Waals surface area (Å²) < 4.78 is 1.70. The van der Waals surface area contributed by atoms with Crippen LogP contribution in [0.25, 0.3) is 6.08 Å². The van der Waals surface area contributed by atoms with E-state index in [1.54, 1.807) is 60.7 Å². The van der Waals surface area contributed by atoms with Crippen molar-refractivity contribution in [2.45, 2.75) is 12.1 Å². The Balaban J connectivity index is 1.50. The lowest BCUT2D eigenvalue weighted by atomic mass is 9.86. The maximum atomic E-state index is 14.0. The molecule has 8 heteroatoms. The van der Waals surface area contributed by atoms with Crippen LogP contribution in [0.15, 0.2) is 81.8 Å². The summed E-state index contributed by atoms with van der Waals surface area (Å²) in [5.41, 5.74) is 2.63. The molecule has 3 aliphatic heterocycles. The van der Waals surface area contributed by atoms with Gasteiger partial charge in [-0.1, -0.05) is 73.8 Å². The number of rotatable bonds is 3. The van der Waals surface area contributed by atoms with Gasteiger partial charge in [-0.2, -0.15) is 0 Å². The third kappa shape index (κ3) is 3.51. The molecule has 0 bridgehead atoms. The molecule has 2 fully saturated rings. The van der Waals surface area contributed by atoms with Gasteiger partial charge in [-0.15, -0.1) is 0 Å². The van der Waals surface area contributed by atoms with Crippen molar-refractivity contribution in [1.82, 2.24) is 0 Å². The van der Waals surface area contributed by atoms with E-state index in [9.17, 15) is 14.4 Å². The average molecular weight is 613 g/mol. The van der Waals surface area contributed by atoms with Gasteiger partial charge >= 0.3 is 0 Å². The number of anilines is 2. The van der Waals surface area contributed by atoms with Crippen molar-refractivity contribution >= 4 is 78.5 Å². The standard InChI is InChI=1S/C27H17Br2ClN2O3/c28-16-5-1-15(2-6-16)25(33)24-23-22(20-12-4-14-3-9-18(30)13-21(14)32(20)24)26(34)31(27(23)35)19-10-7-17(29)8-11-19/h1-13,20,22-24H/t20-,22+,23+,24-/m0/s1. The second-order valence-corrected chi connectivity index (χ2v) is 11.1. The van der Waals surface area contributed by atoms with Gasteiger partial charge in [-0.05, 0) is 54.1 Å². The second-order valence-electron chi connectivity index (χ2n) is 8.82. The van der Waals surface area contributed by atoms with Crippen LogP contribution in [0.2, 0.25) is 5.02 Å². The molecule has 6 rings (SSSR count). The molecule has 3 aromatic rings. The van der Waals surface area contributed by atoms with Gasteiger partial charge in [0.05, 0.1) is 23.6 Å². The molecule has 3 aliphatic rings. The summed E-state index contributed by atoms with van der Waals surface area (Å²) in [5.74, 6) is -2.35. The molecular formula is C27H17Br2ClN2O3. The Kier molecular flexibility index (Phi) is 5.47. The Hall–Kier alpha value is -2.74. The Bertz CT molecular complexity index is 1420. The van der Waals surface area contributed by atoms with Gasteiger partial charge in [0.15, 0.2) is 5.78 Å². The molecule has 0 unspecified atom stereocenters. The molecule has 0 aromatic heterocycles. The molecule has 35 heavy (non-hydrogen) atoms. The first-order chi connectivity index (χ1) is 16.8. The summed E-state index contributed by atoms with van der Waals surface area (Å²) in [4.78, 5) is 44.8. The number of ketones is 1. The SMILES string of the molecule is O=C(c1ccc(Br)cc1)[C@@H]1[C@@H]2C(=O)N(c3ccc(Br)cc3)C(=O)[C@@H]2[C@@H]2C=Cc3ccc(Cl)cc3N12. The van der Waals surface area contributed by atoms with Gasteiger partial charge in [0.2, 0.25) is 11.8 Å². The van der Waals surface area contributed by atoms with Gasteiger partial charge < -0.3 is 4.90 Å². The van der Waals surface area contributed by atoms with E-state index in [2.05, 4.69) is 31.9 Å². The van der Waals surface area contributed by atoms with E-state index in [1.807, 2.05) is 23.1 Å². The molecule has 0 spiro atoms. The summed E-state index contributed by atoms with van der Waals surface area (Å²) in [6.45, 7) is 0. The molecule has 0 saturated carbocycles. The molecular weight excluding hydrogens is 596 g/mol. The Morgan fingerprint density at radius 3 is 2.14 bits per heavy atom. The lowest BCUT2D eigenvalue weighted by Crippen LogP contribution is -2.48. The van der Waals surface area contributed by atoms with Crippen LogP contribution < -0.4 is 9.80 Å². The first-order valence-electron chi connectivity index (χ1n) is 11.0. The van der Waals surface area contributed by atoms with E-state index >= 15 is 0 Å². The third-order valence-electron chi connectivity index (χ3n) is 6.95. The molecule has 5 nitrogen and oxygen atoms in total. The normalized spacial score (nSPS) is 24.4. The van der Waals surface area contributed by atoms with Crippen LogP contribution >= 0.6 is 43.5 Å². The number of benzene rings is 3. The van der Waals surface area contributed by atoms with E-state index in [0.717, 1.165) is 20.2 Å². The number of carbonyl (C=O) groups is 3. The van der Waals surface area contributed by atoms with Crippen LogP contribution in [-0.4, -0.2) is 29.7 Å². The van der Waals surface area contributed by atoms with Crippen LogP contribution in [0.3, 0.4) is 0 Å². The zero-order chi connectivity index (χ0) is 24.4. The van der Waals surface area contributed by atoms with Gasteiger partial charge in [-0.25, -0.2) is 4.90 Å². The van der Waals surface area contributed by atoms with Crippen LogP contribution in [0.1, 0.15) is 15.9 Å². The number of nitrogens with zero attached hydrogens (tertiary/aromatic N) is 2. The quantitative estimate of drug-likeness (QED) is 0.264. The number of hydrogen-bond donors (Lipinski definition) is 0. The number of imide groups is 1. The molecule has 0 N–H and O–H groups in total. The van der Waals surface area contributed by atoms with Crippen molar-refractivity contribution in [2.24, 2.45) is 11.8 Å². The minimum absolute atomic E-state index is 0.199. The summed E-state index contributed by atoms with van der Waals surface area (Å²) in [5, 5.41) is 0.527. The number of amides is 2. The maximum Gasteiger partial charge on any atom is 0.240 e. The summed E-state index contributed by atoms with van der Waals surface area (Å²) in [7, 11) is 0. The van der Waals surface area contributed by atoms with Crippen molar-refractivity contribution in [3.8, 4) is 0 Å². The van der Waals surface area contributed by atoms with Gasteiger partial charge in [0.25, 0.3) is 0 Å². The van der Waals surface area contributed by atoms with E-state index in [0.29, 0.717) is 16.3 Å². The number of hydrogen-bond acceptors (Lipinski definition) is 4. The lowest BCUT2D eigenvalue weighted by molar-refractivity contribution is -0.122. The first kappa shape index (κ1) is 22.7. The molecule has 2 saturated heterocycles. The van der Waals surface area contributed by atoms with Gasteiger partial charge in [-0.3, -0.25) is 14.4 Å². The molecule has 4 atom stereocenters. The van der Waals surface area contributed by atoms with Gasteiger partial charge in [0.1, 0.15) is 6.04 Å². The predicted octanol–water partition coefficient (Wildman–Crippen LogP) is 6.14. The highest BCUT2D eigenvalue weighted by Gasteiger charge is 2.64. The highest BCUT2D eigenvalue weighted by Crippen LogP contribution is 2.50. The predicted molar refractivity (Wildman–Crippen MR) is 143 cm³/mol. The zero-order valence-electron chi connectivity index (χ0n) is 18.1. The van der Waals surface area contributed by atoms with Crippen LogP contribution in [0.5, 0.6) is 0 Å². The van der Waals surface area contributed by atoms with E-state index in [4.69, 9.17) is 11.6 Å². The van der Waals surface area contributed by atoms with Crippen molar-refractivity contribution in [3.05, 3.63) is 97.9 Å². The van der Waals surface area contributed by atoms with Crippen LogP contribution in [-0.2, 0) is 9.59 Å². The van der Waals surface area contributed by atoms with Crippen LogP contribution in [0, 0.1) is 11.8 Å². The summed E-state index contributed by atoms with van der Waals surface area (Å²) in [6, 6.07) is 18.3. The number of fused-ring (bicyclic) bond motifs is 5. The average Bonchev–Trinajstić information content (AvgIpc) is 3.33. The molecule has 3 aromatic carbocycles. The highest BCUT2D eigenvalue weighted by atomic mass is 79.9. The fourth-order valence-corrected chi connectivity index (χ4v) is 6.16. The van der Waals surface area contributed by atoms with Crippen molar-refractivity contribution in [2.75, 3.05) is 9.80 Å². The Labute approximate surface area is 223 Å². The van der Waals surface area contributed by atoms with Crippen molar-refractivity contribution < 1.29 is 14.4 Å². The first-order valence-corrected chi connectivity index (χ1v) is 13.0. The number of carbonyl (C=O) groups excluding carboxylic acids is 3. The molecule has 0 aliphatic carbocycles. The summed E-state index contributed by atoms with van der Waals surface area (Å²) in [6.07, 6.45) is 3.87. The lowest BCUT2D eigenvalue weighted by Gasteiger charge is -2.36.